The van der Waals surface area contributed by atoms with E-state index in [4.69, 9.17) is 11.6 Å². The zero-order valence-electron chi connectivity index (χ0n) is 9.86. The third-order valence-corrected chi connectivity index (χ3v) is 3.31. The number of alkyl halides is 1. The van der Waals surface area contributed by atoms with Crippen molar-refractivity contribution in [3.63, 3.8) is 0 Å². The van der Waals surface area contributed by atoms with E-state index in [0.29, 0.717) is 5.92 Å². The van der Waals surface area contributed by atoms with Crippen LogP contribution >= 0.6 is 11.6 Å². The Morgan fingerprint density at radius 1 is 1.44 bits per heavy atom. The Morgan fingerprint density at radius 3 is 2.94 bits per heavy atom. The highest BCUT2D eigenvalue weighted by molar-refractivity contribution is 6.21. The predicted molar refractivity (Wildman–Crippen MR) is 67.2 cm³/mol. The average molecular weight is 240 g/mol. The number of aromatic nitrogens is 2. The Bertz CT molecular complexity index is 354. The third kappa shape index (κ3) is 2.64. The highest BCUT2D eigenvalue weighted by Gasteiger charge is 2.19. The van der Waals surface area contributed by atoms with Crippen LogP contribution in [0, 0.1) is 0 Å². The Morgan fingerprint density at radius 2 is 2.25 bits per heavy atom. The fourth-order valence-electron chi connectivity index (χ4n) is 1.98. The number of nitrogens with zero attached hydrogens (tertiary/aromatic N) is 3. The van der Waals surface area contributed by atoms with Gasteiger partial charge in [0.25, 0.3) is 0 Å². The van der Waals surface area contributed by atoms with Gasteiger partial charge in [-0.1, -0.05) is 13.8 Å². The van der Waals surface area contributed by atoms with Crippen molar-refractivity contribution in [3.8, 4) is 0 Å². The zero-order valence-corrected chi connectivity index (χ0v) is 10.6. The first kappa shape index (κ1) is 11.6. The maximum Gasteiger partial charge on any atom is 0.132 e. The van der Waals surface area contributed by atoms with Gasteiger partial charge in [0.2, 0.25) is 0 Å². The topological polar surface area (TPSA) is 29.0 Å². The minimum Gasteiger partial charge on any atom is -0.355 e. The summed E-state index contributed by atoms with van der Waals surface area (Å²) in [5.41, 5.74) is 1.10. The number of piperidine rings is 1. The lowest BCUT2D eigenvalue weighted by molar-refractivity contribution is 0.579. The summed E-state index contributed by atoms with van der Waals surface area (Å²) in [5.74, 6) is 1.46. The average Bonchev–Trinajstić information content (AvgIpc) is 2.29. The summed E-state index contributed by atoms with van der Waals surface area (Å²) in [5, 5.41) is 0.256. The molecule has 0 N–H and O–H groups in total. The highest BCUT2D eigenvalue weighted by Crippen LogP contribution is 2.22. The minimum atomic E-state index is 0.256. The van der Waals surface area contributed by atoms with Crippen LogP contribution in [0.15, 0.2) is 12.4 Å². The molecule has 0 amide bonds. The van der Waals surface area contributed by atoms with Crippen LogP contribution in [0.2, 0.25) is 0 Å². The van der Waals surface area contributed by atoms with E-state index in [1.54, 1.807) is 6.33 Å². The summed E-state index contributed by atoms with van der Waals surface area (Å²) < 4.78 is 0. The van der Waals surface area contributed by atoms with Crippen LogP contribution in [-0.4, -0.2) is 28.4 Å². The van der Waals surface area contributed by atoms with Crippen molar-refractivity contribution in [2.24, 2.45) is 0 Å². The summed E-state index contributed by atoms with van der Waals surface area (Å²) in [4.78, 5) is 10.9. The van der Waals surface area contributed by atoms with E-state index in [9.17, 15) is 0 Å². The van der Waals surface area contributed by atoms with E-state index in [1.165, 1.54) is 0 Å². The fourth-order valence-corrected chi connectivity index (χ4v) is 2.30. The summed E-state index contributed by atoms with van der Waals surface area (Å²) in [6.45, 7) is 6.24. The van der Waals surface area contributed by atoms with Gasteiger partial charge in [-0.05, 0) is 18.8 Å². The molecule has 0 aliphatic carbocycles. The van der Waals surface area contributed by atoms with E-state index in [-0.39, 0.29) is 5.38 Å². The van der Waals surface area contributed by atoms with Gasteiger partial charge in [0.05, 0.1) is 5.38 Å². The maximum atomic E-state index is 6.18. The molecule has 1 aromatic heterocycles. The normalized spacial score (nSPS) is 21.5. The Kier molecular flexibility index (Phi) is 3.64. The molecule has 0 radical (unpaired) electrons. The van der Waals surface area contributed by atoms with Crippen molar-refractivity contribution in [3.05, 3.63) is 18.1 Å². The van der Waals surface area contributed by atoms with E-state index in [1.807, 2.05) is 0 Å². The zero-order chi connectivity index (χ0) is 11.5. The first-order valence-corrected chi connectivity index (χ1v) is 6.31. The number of anilines is 1. The first-order valence-electron chi connectivity index (χ1n) is 5.88. The molecule has 1 aliphatic rings. The van der Waals surface area contributed by atoms with Gasteiger partial charge in [0.15, 0.2) is 0 Å². The summed E-state index contributed by atoms with van der Waals surface area (Å²) in [7, 11) is 0. The molecule has 0 aromatic carbocycles. The SMILES string of the molecule is CC(C)c1cc(N2CCCC(Cl)C2)ncn1. The van der Waals surface area contributed by atoms with E-state index >= 15 is 0 Å². The molecule has 2 heterocycles. The molecular formula is C12H18ClN3. The van der Waals surface area contributed by atoms with Crippen LogP contribution in [0.1, 0.15) is 38.3 Å². The van der Waals surface area contributed by atoms with Gasteiger partial charge >= 0.3 is 0 Å². The first-order chi connectivity index (χ1) is 7.66. The van der Waals surface area contributed by atoms with Gasteiger partial charge in [-0.3, -0.25) is 0 Å². The van der Waals surface area contributed by atoms with Crippen LogP contribution in [0.3, 0.4) is 0 Å². The molecule has 3 nitrogen and oxygen atoms in total. The van der Waals surface area contributed by atoms with Crippen LogP contribution in [-0.2, 0) is 0 Å². The minimum absolute atomic E-state index is 0.256. The van der Waals surface area contributed by atoms with E-state index < -0.39 is 0 Å². The van der Waals surface area contributed by atoms with Crippen molar-refractivity contribution in [2.45, 2.75) is 38.0 Å². The second-order valence-corrected chi connectivity index (χ2v) is 5.26. The molecule has 0 bridgehead atoms. The van der Waals surface area contributed by atoms with E-state index in [2.05, 4.69) is 34.8 Å². The molecule has 4 heteroatoms. The van der Waals surface area contributed by atoms with Crippen molar-refractivity contribution >= 4 is 17.4 Å². The highest BCUT2D eigenvalue weighted by atomic mass is 35.5. The Labute approximate surface area is 102 Å². The van der Waals surface area contributed by atoms with Gasteiger partial charge in [-0.2, -0.15) is 0 Å². The molecule has 1 atom stereocenters. The monoisotopic (exact) mass is 239 g/mol. The second kappa shape index (κ2) is 5.00. The molecule has 88 valence electrons. The van der Waals surface area contributed by atoms with Crippen LogP contribution in [0.4, 0.5) is 5.82 Å². The fraction of sp³-hybridized carbons (Fsp3) is 0.667. The van der Waals surface area contributed by atoms with Crippen molar-refractivity contribution < 1.29 is 0 Å². The van der Waals surface area contributed by atoms with Gasteiger partial charge in [0, 0.05) is 24.8 Å². The Balaban J connectivity index is 2.16. The number of halogens is 1. The largest absolute Gasteiger partial charge is 0.355 e. The van der Waals surface area contributed by atoms with E-state index in [0.717, 1.165) is 37.4 Å². The molecule has 1 unspecified atom stereocenters. The standard InChI is InChI=1S/C12H18ClN3/c1-9(2)11-6-12(15-8-14-11)16-5-3-4-10(13)7-16/h6,8-10H,3-5,7H2,1-2H3. The quantitative estimate of drug-likeness (QED) is 0.744. The smallest absolute Gasteiger partial charge is 0.132 e. The molecule has 1 fully saturated rings. The molecule has 0 spiro atoms. The molecule has 2 rings (SSSR count). The molecule has 1 saturated heterocycles. The summed E-state index contributed by atoms with van der Waals surface area (Å²) >= 11 is 6.18. The molecule has 16 heavy (non-hydrogen) atoms. The van der Waals surface area contributed by atoms with Gasteiger partial charge in [0.1, 0.15) is 12.1 Å². The maximum absolute atomic E-state index is 6.18. The lowest BCUT2D eigenvalue weighted by atomic mass is 10.1. The van der Waals surface area contributed by atoms with Crippen molar-refractivity contribution in [1.29, 1.82) is 0 Å². The molecule has 0 saturated carbocycles. The third-order valence-electron chi connectivity index (χ3n) is 2.95. The lowest BCUT2D eigenvalue weighted by Crippen LogP contribution is -2.36. The van der Waals surface area contributed by atoms with Gasteiger partial charge in [-0.15, -0.1) is 11.6 Å². The summed E-state index contributed by atoms with van der Waals surface area (Å²) in [6.07, 6.45) is 3.91. The summed E-state index contributed by atoms with van der Waals surface area (Å²) in [6, 6.07) is 2.08. The molecule has 1 aromatic rings. The van der Waals surface area contributed by atoms with Crippen LogP contribution in [0.25, 0.3) is 0 Å². The van der Waals surface area contributed by atoms with Crippen molar-refractivity contribution in [2.75, 3.05) is 18.0 Å². The second-order valence-electron chi connectivity index (χ2n) is 4.64. The molecule has 1 aliphatic heterocycles. The molecular weight excluding hydrogens is 222 g/mol. The van der Waals surface area contributed by atoms with Crippen molar-refractivity contribution in [1.82, 2.24) is 9.97 Å². The lowest BCUT2D eigenvalue weighted by Gasteiger charge is -2.30. The number of hydrogen-bond acceptors (Lipinski definition) is 3. The number of hydrogen-bond donors (Lipinski definition) is 0. The van der Waals surface area contributed by atoms with Gasteiger partial charge in [-0.25, -0.2) is 9.97 Å². The van der Waals surface area contributed by atoms with Crippen LogP contribution < -0.4 is 4.90 Å². The van der Waals surface area contributed by atoms with Gasteiger partial charge < -0.3 is 4.90 Å². The van der Waals surface area contributed by atoms with Crippen LogP contribution in [0.5, 0.6) is 0 Å². The number of rotatable bonds is 2. The predicted octanol–water partition coefficient (Wildman–Crippen LogP) is 2.81. The Hall–Kier alpha value is -0.830.